The van der Waals surface area contributed by atoms with E-state index in [9.17, 15) is 9.59 Å². The zero-order chi connectivity index (χ0) is 20.2. The van der Waals surface area contributed by atoms with Crippen molar-refractivity contribution in [2.75, 3.05) is 59.5 Å². The van der Waals surface area contributed by atoms with Crippen LogP contribution in [0.15, 0.2) is 33.5 Å². The van der Waals surface area contributed by atoms with E-state index in [1.165, 1.54) is 4.57 Å². The fourth-order valence-corrected chi connectivity index (χ4v) is 4.28. The van der Waals surface area contributed by atoms with Gasteiger partial charge in [-0.15, -0.1) is 0 Å². The molecule has 0 aliphatic carbocycles. The van der Waals surface area contributed by atoms with Crippen molar-refractivity contribution in [1.29, 1.82) is 0 Å². The number of para-hydroxylation sites is 2. The Morgan fingerprint density at radius 3 is 2.62 bits per heavy atom. The molecule has 2 fully saturated rings. The van der Waals surface area contributed by atoms with Gasteiger partial charge in [0, 0.05) is 32.2 Å². The maximum Gasteiger partial charge on any atom is 0.420 e. The Hall–Kier alpha value is -2.16. The molecule has 29 heavy (non-hydrogen) atoms. The number of fused-ring (bicyclic) bond motifs is 1. The highest BCUT2D eigenvalue weighted by molar-refractivity contribution is 5.79. The maximum atomic E-state index is 13.3. The summed E-state index contributed by atoms with van der Waals surface area (Å²) in [6, 6.07) is 7.47. The SMILES string of the molecule is CN1CCC(N(CCN2CCOCC2)C(=O)Cn2c(=O)oc3ccccc32)CC1. The average molecular weight is 402 g/mol. The second kappa shape index (κ2) is 9.11. The highest BCUT2D eigenvalue weighted by Crippen LogP contribution is 2.18. The lowest BCUT2D eigenvalue weighted by Gasteiger charge is -2.38. The van der Waals surface area contributed by atoms with Crippen LogP contribution in [0.2, 0.25) is 0 Å². The standard InChI is InChI=1S/C21H30N4O4/c1-22-8-6-17(7-9-22)24(11-10-23-12-14-28-15-13-23)20(26)16-25-18-4-2-3-5-19(18)29-21(25)27/h2-5,17H,6-16H2,1H3. The van der Waals surface area contributed by atoms with E-state index in [1.807, 2.05) is 23.1 Å². The van der Waals surface area contributed by atoms with Gasteiger partial charge in [-0.2, -0.15) is 0 Å². The summed E-state index contributed by atoms with van der Waals surface area (Å²) in [5.74, 6) is -0.488. The number of amides is 1. The zero-order valence-electron chi connectivity index (χ0n) is 17.1. The van der Waals surface area contributed by atoms with Crippen LogP contribution < -0.4 is 5.76 Å². The Morgan fingerprint density at radius 2 is 1.86 bits per heavy atom. The Labute approximate surface area is 170 Å². The molecule has 0 N–H and O–H groups in total. The number of rotatable bonds is 6. The van der Waals surface area contributed by atoms with E-state index < -0.39 is 5.76 Å². The quantitative estimate of drug-likeness (QED) is 0.714. The second-order valence-corrected chi connectivity index (χ2v) is 8.00. The minimum Gasteiger partial charge on any atom is -0.408 e. The lowest BCUT2D eigenvalue weighted by Crippen LogP contribution is -2.51. The van der Waals surface area contributed by atoms with Crippen LogP contribution >= 0.6 is 0 Å². The topological polar surface area (TPSA) is 71.2 Å². The van der Waals surface area contributed by atoms with Crippen LogP contribution in [0, 0.1) is 0 Å². The van der Waals surface area contributed by atoms with Crippen molar-refractivity contribution in [1.82, 2.24) is 19.3 Å². The van der Waals surface area contributed by atoms with Gasteiger partial charge in [-0.1, -0.05) is 12.1 Å². The molecule has 1 aromatic carbocycles. The molecule has 0 saturated carbocycles. The monoisotopic (exact) mass is 402 g/mol. The van der Waals surface area contributed by atoms with Gasteiger partial charge in [0.05, 0.1) is 18.7 Å². The van der Waals surface area contributed by atoms with Gasteiger partial charge < -0.3 is 19.0 Å². The van der Waals surface area contributed by atoms with Crippen molar-refractivity contribution in [3.63, 3.8) is 0 Å². The summed E-state index contributed by atoms with van der Waals surface area (Å²) in [4.78, 5) is 32.3. The smallest absolute Gasteiger partial charge is 0.408 e. The van der Waals surface area contributed by atoms with Gasteiger partial charge in [-0.25, -0.2) is 4.79 Å². The third kappa shape index (κ3) is 4.71. The van der Waals surface area contributed by atoms with Crippen molar-refractivity contribution in [3.05, 3.63) is 34.8 Å². The molecule has 0 spiro atoms. The van der Waals surface area contributed by atoms with E-state index in [1.54, 1.807) is 6.07 Å². The highest BCUT2D eigenvalue weighted by Gasteiger charge is 2.28. The molecule has 2 saturated heterocycles. The van der Waals surface area contributed by atoms with Crippen molar-refractivity contribution in [3.8, 4) is 0 Å². The number of hydrogen-bond acceptors (Lipinski definition) is 6. The van der Waals surface area contributed by atoms with E-state index >= 15 is 0 Å². The molecular weight excluding hydrogens is 372 g/mol. The van der Waals surface area contributed by atoms with Gasteiger partial charge in [0.25, 0.3) is 0 Å². The number of aromatic nitrogens is 1. The van der Waals surface area contributed by atoms with Crippen LogP contribution in [0.1, 0.15) is 12.8 Å². The average Bonchev–Trinajstić information content (AvgIpc) is 3.05. The summed E-state index contributed by atoms with van der Waals surface area (Å²) in [6.45, 7) is 6.81. The summed E-state index contributed by atoms with van der Waals surface area (Å²) in [7, 11) is 2.12. The highest BCUT2D eigenvalue weighted by atomic mass is 16.5. The van der Waals surface area contributed by atoms with Crippen LogP contribution in [0.3, 0.4) is 0 Å². The summed E-state index contributed by atoms with van der Waals surface area (Å²) < 4.78 is 12.2. The Bertz CT molecular complexity index is 878. The molecule has 2 aliphatic rings. The van der Waals surface area contributed by atoms with Crippen molar-refractivity contribution < 1.29 is 13.9 Å². The molecule has 8 nitrogen and oxygen atoms in total. The van der Waals surface area contributed by atoms with Crippen LogP contribution in [-0.2, 0) is 16.1 Å². The first-order valence-electron chi connectivity index (χ1n) is 10.5. The van der Waals surface area contributed by atoms with E-state index in [-0.39, 0.29) is 18.5 Å². The molecule has 0 atom stereocenters. The summed E-state index contributed by atoms with van der Waals surface area (Å²) in [5.41, 5.74) is 1.19. The number of ether oxygens (including phenoxy) is 1. The predicted octanol–water partition coefficient (Wildman–Crippen LogP) is 0.850. The van der Waals surface area contributed by atoms with Crippen LogP contribution in [0.25, 0.3) is 11.1 Å². The van der Waals surface area contributed by atoms with E-state index in [0.717, 1.165) is 58.8 Å². The molecular formula is C21H30N4O4. The van der Waals surface area contributed by atoms with Crippen molar-refractivity contribution >= 4 is 17.0 Å². The van der Waals surface area contributed by atoms with E-state index in [0.29, 0.717) is 17.6 Å². The number of hydrogen-bond donors (Lipinski definition) is 0. The van der Waals surface area contributed by atoms with Crippen molar-refractivity contribution in [2.45, 2.75) is 25.4 Å². The molecule has 2 aliphatic heterocycles. The molecule has 1 aromatic heterocycles. The lowest BCUT2D eigenvalue weighted by atomic mass is 10.0. The third-order valence-electron chi connectivity index (χ3n) is 6.08. The minimum absolute atomic E-state index is 0.0125. The second-order valence-electron chi connectivity index (χ2n) is 8.00. The number of oxazole rings is 1. The largest absolute Gasteiger partial charge is 0.420 e. The Kier molecular flexibility index (Phi) is 6.32. The number of piperidine rings is 1. The number of nitrogens with zero attached hydrogens (tertiary/aromatic N) is 4. The third-order valence-corrected chi connectivity index (χ3v) is 6.08. The molecule has 0 radical (unpaired) electrons. The van der Waals surface area contributed by atoms with Crippen LogP contribution in [0.5, 0.6) is 0 Å². The van der Waals surface area contributed by atoms with E-state index in [4.69, 9.17) is 9.15 Å². The fraction of sp³-hybridized carbons (Fsp3) is 0.619. The number of morpholine rings is 1. The first kappa shape index (κ1) is 20.1. The Balaban J connectivity index is 1.50. The fourth-order valence-electron chi connectivity index (χ4n) is 4.28. The summed E-state index contributed by atoms with van der Waals surface area (Å²) in [5, 5.41) is 0. The van der Waals surface area contributed by atoms with E-state index in [2.05, 4.69) is 16.8 Å². The maximum absolute atomic E-state index is 13.3. The number of likely N-dealkylation sites (tertiary alicyclic amines) is 1. The van der Waals surface area contributed by atoms with Crippen LogP contribution in [-0.4, -0.2) is 90.7 Å². The first-order valence-corrected chi connectivity index (χ1v) is 10.5. The van der Waals surface area contributed by atoms with Gasteiger partial charge in [-0.3, -0.25) is 14.3 Å². The number of benzene rings is 1. The van der Waals surface area contributed by atoms with Crippen molar-refractivity contribution in [2.24, 2.45) is 0 Å². The molecule has 158 valence electrons. The zero-order valence-corrected chi connectivity index (χ0v) is 17.1. The molecule has 0 unspecified atom stereocenters. The predicted molar refractivity (Wildman–Crippen MR) is 110 cm³/mol. The first-order chi connectivity index (χ1) is 14.1. The lowest BCUT2D eigenvalue weighted by molar-refractivity contribution is -0.135. The molecule has 2 aromatic rings. The van der Waals surface area contributed by atoms with Gasteiger partial charge in [0.15, 0.2) is 5.58 Å². The Morgan fingerprint density at radius 1 is 1.14 bits per heavy atom. The normalized spacial score (nSPS) is 19.6. The number of carbonyl (C=O) groups excluding carboxylic acids is 1. The molecule has 4 rings (SSSR count). The van der Waals surface area contributed by atoms with Gasteiger partial charge in [-0.05, 0) is 45.1 Å². The van der Waals surface area contributed by atoms with Gasteiger partial charge in [0.1, 0.15) is 6.54 Å². The van der Waals surface area contributed by atoms with Crippen LogP contribution in [0.4, 0.5) is 0 Å². The van der Waals surface area contributed by atoms with Gasteiger partial charge in [0.2, 0.25) is 5.91 Å². The minimum atomic E-state index is -0.476. The summed E-state index contributed by atoms with van der Waals surface area (Å²) >= 11 is 0. The van der Waals surface area contributed by atoms with Gasteiger partial charge >= 0.3 is 5.76 Å². The molecule has 0 bridgehead atoms. The molecule has 8 heteroatoms. The number of carbonyl (C=O) groups is 1. The summed E-state index contributed by atoms with van der Waals surface area (Å²) in [6.07, 6.45) is 1.93. The molecule has 3 heterocycles. The molecule has 1 amide bonds.